The summed E-state index contributed by atoms with van der Waals surface area (Å²) in [4.78, 5) is 24.6. The third kappa shape index (κ3) is 6.16. The molecule has 192 valence electrons. The van der Waals surface area contributed by atoms with E-state index in [1.807, 2.05) is 23.6 Å². The molecule has 7 heteroatoms. The van der Waals surface area contributed by atoms with Crippen LogP contribution in [0.5, 0.6) is 0 Å². The zero-order valence-corrected chi connectivity index (χ0v) is 21.4. The second-order valence-corrected chi connectivity index (χ2v) is 9.87. The van der Waals surface area contributed by atoms with Gasteiger partial charge in [-0.05, 0) is 67.3 Å². The highest BCUT2D eigenvalue weighted by atomic mass is 19.1. The summed E-state index contributed by atoms with van der Waals surface area (Å²) in [6.07, 6.45) is 7.69. The molecule has 1 amide bonds. The fourth-order valence-corrected chi connectivity index (χ4v) is 5.06. The minimum absolute atomic E-state index is 0.0163. The molecule has 0 bridgehead atoms. The molecule has 0 unspecified atom stereocenters. The molecule has 1 aliphatic heterocycles. The van der Waals surface area contributed by atoms with Gasteiger partial charge in [-0.15, -0.1) is 0 Å². The van der Waals surface area contributed by atoms with Gasteiger partial charge >= 0.3 is 0 Å². The van der Waals surface area contributed by atoms with Crippen molar-refractivity contribution in [2.24, 2.45) is 0 Å². The summed E-state index contributed by atoms with van der Waals surface area (Å²) in [5, 5.41) is 3.14. The van der Waals surface area contributed by atoms with Crippen molar-refractivity contribution >= 4 is 22.8 Å². The Hall–Kier alpha value is -3.74. The number of carbonyl (C=O) groups is 1. The minimum atomic E-state index is -0.264. The van der Waals surface area contributed by atoms with Crippen molar-refractivity contribution < 1.29 is 9.18 Å². The Bertz CT molecular complexity index is 1320. The zero-order chi connectivity index (χ0) is 25.6. The van der Waals surface area contributed by atoms with Gasteiger partial charge in [0, 0.05) is 37.8 Å². The third-order valence-corrected chi connectivity index (χ3v) is 7.15. The smallest absolute Gasteiger partial charge is 0.220 e. The molecule has 3 heterocycles. The molecule has 0 aliphatic carbocycles. The Morgan fingerprint density at radius 2 is 1.73 bits per heavy atom. The van der Waals surface area contributed by atoms with Gasteiger partial charge in [0.05, 0.1) is 12.6 Å². The van der Waals surface area contributed by atoms with Crippen molar-refractivity contribution in [3.8, 4) is 0 Å². The topological polar surface area (TPSA) is 63.1 Å². The predicted octanol–water partition coefficient (Wildman–Crippen LogP) is 5.81. The van der Waals surface area contributed by atoms with E-state index in [4.69, 9.17) is 4.98 Å². The van der Waals surface area contributed by atoms with E-state index in [0.29, 0.717) is 19.4 Å². The normalized spacial score (nSPS) is 14.9. The molecule has 5 rings (SSSR count). The van der Waals surface area contributed by atoms with Crippen LogP contribution in [0.2, 0.25) is 0 Å². The van der Waals surface area contributed by atoms with Crippen LogP contribution < -0.4 is 10.2 Å². The van der Waals surface area contributed by atoms with Gasteiger partial charge < -0.3 is 14.8 Å². The molecule has 1 aliphatic rings. The maximum absolute atomic E-state index is 13.4. The SMILES string of the molecule is C[C@H](NC(=O)CCc1nc2cccnc2n1Cc1ccc(F)cc1)c1ccc(N2CCCCCC2)cc1. The second kappa shape index (κ2) is 11.5. The number of aryl methyl sites for hydroxylation is 1. The number of nitrogens with zero attached hydrogens (tertiary/aromatic N) is 4. The highest BCUT2D eigenvalue weighted by Crippen LogP contribution is 2.23. The van der Waals surface area contributed by atoms with Gasteiger partial charge in [0.2, 0.25) is 5.91 Å². The summed E-state index contributed by atoms with van der Waals surface area (Å²) in [6.45, 7) is 4.78. The molecule has 37 heavy (non-hydrogen) atoms. The number of amides is 1. The number of imidazole rings is 1. The Kier molecular flexibility index (Phi) is 7.78. The van der Waals surface area contributed by atoms with Crippen LogP contribution in [0.3, 0.4) is 0 Å². The number of halogens is 1. The van der Waals surface area contributed by atoms with Gasteiger partial charge in [-0.2, -0.15) is 0 Å². The van der Waals surface area contributed by atoms with E-state index >= 15 is 0 Å². The van der Waals surface area contributed by atoms with Crippen molar-refractivity contribution in [1.82, 2.24) is 19.9 Å². The number of carbonyl (C=O) groups excluding carboxylic acids is 1. The molecule has 0 spiro atoms. The van der Waals surface area contributed by atoms with E-state index < -0.39 is 0 Å². The largest absolute Gasteiger partial charge is 0.372 e. The van der Waals surface area contributed by atoms with Crippen molar-refractivity contribution in [2.45, 2.75) is 58.0 Å². The van der Waals surface area contributed by atoms with E-state index in [2.05, 4.69) is 39.5 Å². The highest BCUT2D eigenvalue weighted by molar-refractivity contribution is 5.77. The van der Waals surface area contributed by atoms with Crippen LogP contribution in [-0.2, 0) is 17.8 Å². The zero-order valence-electron chi connectivity index (χ0n) is 21.4. The number of aromatic nitrogens is 3. The highest BCUT2D eigenvalue weighted by Gasteiger charge is 2.16. The van der Waals surface area contributed by atoms with E-state index in [-0.39, 0.29) is 17.8 Å². The summed E-state index contributed by atoms with van der Waals surface area (Å²) >= 11 is 0. The summed E-state index contributed by atoms with van der Waals surface area (Å²) < 4.78 is 15.4. The number of hydrogen-bond donors (Lipinski definition) is 1. The number of rotatable bonds is 8. The lowest BCUT2D eigenvalue weighted by Gasteiger charge is -2.23. The van der Waals surface area contributed by atoms with Crippen LogP contribution >= 0.6 is 0 Å². The summed E-state index contributed by atoms with van der Waals surface area (Å²) in [7, 11) is 0. The number of benzene rings is 2. The van der Waals surface area contributed by atoms with Crippen molar-refractivity contribution in [3.63, 3.8) is 0 Å². The standard InChI is InChI=1S/C30H34FN5O/c1-22(24-10-14-26(15-11-24)35-19-4-2-3-5-20-35)33-29(37)17-16-28-34-27-7-6-18-32-30(27)36(28)21-23-8-12-25(31)13-9-23/h6-15,18,22H,2-5,16-17,19-21H2,1H3,(H,33,37)/t22-/m0/s1. The first-order valence-electron chi connectivity index (χ1n) is 13.3. The van der Waals surface area contributed by atoms with E-state index in [1.165, 1.54) is 43.5 Å². The van der Waals surface area contributed by atoms with Crippen LogP contribution in [0, 0.1) is 5.82 Å². The maximum atomic E-state index is 13.4. The lowest BCUT2D eigenvalue weighted by atomic mass is 10.1. The molecule has 1 N–H and O–H groups in total. The molecular weight excluding hydrogens is 465 g/mol. The van der Waals surface area contributed by atoms with Gasteiger partial charge in [-0.3, -0.25) is 4.79 Å². The molecule has 2 aromatic heterocycles. The second-order valence-electron chi connectivity index (χ2n) is 9.87. The van der Waals surface area contributed by atoms with Crippen molar-refractivity contribution in [3.05, 3.63) is 89.6 Å². The van der Waals surface area contributed by atoms with Gasteiger partial charge in [0.25, 0.3) is 0 Å². The number of hydrogen-bond acceptors (Lipinski definition) is 4. The number of nitrogens with one attached hydrogen (secondary N) is 1. The summed E-state index contributed by atoms with van der Waals surface area (Å²) in [6, 6.07) is 18.7. The van der Waals surface area contributed by atoms with Crippen molar-refractivity contribution in [2.75, 3.05) is 18.0 Å². The van der Waals surface area contributed by atoms with Crippen LogP contribution in [-0.4, -0.2) is 33.5 Å². The minimum Gasteiger partial charge on any atom is -0.372 e. The fraction of sp³-hybridized carbons (Fsp3) is 0.367. The molecule has 6 nitrogen and oxygen atoms in total. The van der Waals surface area contributed by atoms with Crippen molar-refractivity contribution in [1.29, 1.82) is 0 Å². The monoisotopic (exact) mass is 499 g/mol. The van der Waals surface area contributed by atoms with Crippen LogP contribution in [0.1, 0.15) is 62.0 Å². The Morgan fingerprint density at radius 3 is 2.46 bits per heavy atom. The first kappa shape index (κ1) is 24.9. The molecule has 0 radical (unpaired) electrons. The summed E-state index contributed by atoms with van der Waals surface area (Å²) in [5.41, 5.74) is 4.87. The molecule has 4 aromatic rings. The molecule has 1 saturated heterocycles. The quantitative estimate of drug-likeness (QED) is 0.332. The fourth-order valence-electron chi connectivity index (χ4n) is 5.06. The number of pyridine rings is 1. The maximum Gasteiger partial charge on any atom is 0.220 e. The average molecular weight is 500 g/mol. The van der Waals surface area contributed by atoms with Gasteiger partial charge in [-0.1, -0.05) is 37.1 Å². The third-order valence-electron chi connectivity index (χ3n) is 7.15. The lowest BCUT2D eigenvalue weighted by Crippen LogP contribution is -2.27. The van der Waals surface area contributed by atoms with Gasteiger partial charge in [-0.25, -0.2) is 14.4 Å². The first-order valence-corrected chi connectivity index (χ1v) is 13.3. The van der Waals surface area contributed by atoms with Crippen LogP contribution in [0.25, 0.3) is 11.2 Å². The van der Waals surface area contributed by atoms with E-state index in [0.717, 1.165) is 41.2 Å². The number of fused-ring (bicyclic) bond motifs is 1. The molecule has 1 atom stereocenters. The molecule has 2 aromatic carbocycles. The number of anilines is 1. The first-order chi connectivity index (χ1) is 18.1. The summed E-state index contributed by atoms with van der Waals surface area (Å²) in [5.74, 6) is 0.514. The van der Waals surface area contributed by atoms with Gasteiger partial charge in [0.15, 0.2) is 5.65 Å². The molecule has 0 saturated carbocycles. The Balaban J connectivity index is 1.22. The Morgan fingerprint density at radius 1 is 1.00 bits per heavy atom. The molecule has 1 fully saturated rings. The van der Waals surface area contributed by atoms with Gasteiger partial charge in [0.1, 0.15) is 17.2 Å². The Labute approximate surface area is 217 Å². The van der Waals surface area contributed by atoms with E-state index in [9.17, 15) is 9.18 Å². The lowest BCUT2D eigenvalue weighted by molar-refractivity contribution is -0.121. The predicted molar refractivity (Wildman–Crippen MR) is 145 cm³/mol. The van der Waals surface area contributed by atoms with Crippen LogP contribution in [0.4, 0.5) is 10.1 Å². The average Bonchev–Trinajstić information content (AvgIpc) is 3.06. The molecular formula is C30H34FN5O. The van der Waals surface area contributed by atoms with Crippen LogP contribution in [0.15, 0.2) is 66.9 Å². The van der Waals surface area contributed by atoms with E-state index in [1.54, 1.807) is 18.3 Å².